The van der Waals surface area contributed by atoms with E-state index < -0.39 is 12.1 Å². The second-order valence-electron chi connectivity index (χ2n) is 10.2. The van der Waals surface area contributed by atoms with E-state index in [4.69, 9.17) is 5.11 Å². The molecule has 0 rings (SSSR count). The van der Waals surface area contributed by atoms with Crippen LogP contribution in [0.5, 0.6) is 0 Å². The van der Waals surface area contributed by atoms with Crippen molar-refractivity contribution in [2.75, 3.05) is 0 Å². The molecule has 0 aromatic rings. The Kier molecular flexibility index (Phi) is 26.2. The maximum Gasteiger partial charge on any atom is 0.305 e. The minimum atomic E-state index is -0.901. The van der Waals surface area contributed by atoms with Gasteiger partial charge in [0.25, 0.3) is 0 Å². The maximum atomic E-state index is 10.5. The summed E-state index contributed by atoms with van der Waals surface area (Å²) in [6.45, 7) is 2.29. The third-order valence-corrected chi connectivity index (χ3v) is 6.80. The van der Waals surface area contributed by atoms with Crippen molar-refractivity contribution in [3.8, 4) is 0 Å². The predicted octanol–water partition coefficient (Wildman–Crippen LogP) is 9.59. The summed E-state index contributed by atoms with van der Waals surface area (Å²) in [4.78, 5) is 10.5. The van der Waals surface area contributed by atoms with Crippen LogP contribution in [-0.2, 0) is 4.79 Å². The van der Waals surface area contributed by atoms with E-state index in [1.807, 2.05) is 0 Å². The number of aliphatic hydroxyl groups is 1. The zero-order chi connectivity index (χ0) is 23.5. The number of carboxylic acid groups (broad SMARTS) is 1. The maximum absolute atomic E-state index is 10.5. The molecule has 0 amide bonds. The fourth-order valence-corrected chi connectivity index (χ4v) is 4.65. The fourth-order valence-electron chi connectivity index (χ4n) is 4.65. The van der Waals surface area contributed by atoms with Gasteiger partial charge in [0.1, 0.15) is 0 Å². The summed E-state index contributed by atoms with van der Waals surface area (Å²) in [5.74, 6) is -0.901. The first-order valence-corrected chi connectivity index (χ1v) is 14.6. The summed E-state index contributed by atoms with van der Waals surface area (Å²) >= 11 is 0. The lowest BCUT2D eigenvalue weighted by molar-refractivity contribution is -0.139. The van der Waals surface area contributed by atoms with Crippen molar-refractivity contribution in [1.29, 1.82) is 0 Å². The molecule has 1 atom stereocenters. The van der Waals surface area contributed by atoms with Gasteiger partial charge in [-0.2, -0.15) is 0 Å². The largest absolute Gasteiger partial charge is 0.481 e. The van der Waals surface area contributed by atoms with E-state index in [1.165, 1.54) is 141 Å². The molecule has 0 aliphatic carbocycles. The number of carboxylic acids is 1. The molecule has 0 spiro atoms. The van der Waals surface area contributed by atoms with Crippen LogP contribution in [0.1, 0.15) is 174 Å². The highest BCUT2D eigenvalue weighted by atomic mass is 16.4. The average molecular weight is 455 g/mol. The minimum Gasteiger partial charge on any atom is -0.481 e. The van der Waals surface area contributed by atoms with Gasteiger partial charge in [-0.3, -0.25) is 4.79 Å². The standard InChI is InChI=1S/C29H58O3/c1-2-3-4-5-6-7-8-9-10-11-12-13-14-15-16-17-18-19-20-21-22-23-24-25-26-28(30)27-29(31)32/h28,30H,2-27H2,1H3,(H,31,32). The highest BCUT2D eigenvalue weighted by molar-refractivity contribution is 5.67. The van der Waals surface area contributed by atoms with Gasteiger partial charge < -0.3 is 10.2 Å². The zero-order valence-corrected chi connectivity index (χ0v) is 21.8. The summed E-state index contributed by atoms with van der Waals surface area (Å²) in [6, 6.07) is 0. The van der Waals surface area contributed by atoms with Crippen molar-refractivity contribution in [3.05, 3.63) is 0 Å². The van der Waals surface area contributed by atoms with Gasteiger partial charge in [-0.1, -0.05) is 161 Å². The van der Waals surface area contributed by atoms with Crippen LogP contribution in [0.2, 0.25) is 0 Å². The van der Waals surface area contributed by atoms with E-state index in [1.54, 1.807) is 0 Å². The highest BCUT2D eigenvalue weighted by Crippen LogP contribution is 2.16. The van der Waals surface area contributed by atoms with Crippen molar-refractivity contribution in [3.63, 3.8) is 0 Å². The lowest BCUT2D eigenvalue weighted by atomic mass is 10.0. The van der Waals surface area contributed by atoms with Gasteiger partial charge in [-0.25, -0.2) is 0 Å². The molecule has 1 unspecified atom stereocenters. The molecule has 0 radical (unpaired) electrons. The van der Waals surface area contributed by atoms with E-state index in [2.05, 4.69) is 6.92 Å². The van der Waals surface area contributed by atoms with E-state index in [9.17, 15) is 9.90 Å². The van der Waals surface area contributed by atoms with E-state index in [0.717, 1.165) is 12.8 Å². The third-order valence-electron chi connectivity index (χ3n) is 6.80. The Labute approximate surface area is 201 Å². The number of aliphatic hydroxyl groups excluding tert-OH is 1. The molecule has 3 nitrogen and oxygen atoms in total. The molecule has 0 bridgehead atoms. The molecule has 2 N–H and O–H groups in total. The van der Waals surface area contributed by atoms with Crippen LogP contribution in [0.3, 0.4) is 0 Å². The van der Waals surface area contributed by atoms with Crippen molar-refractivity contribution in [1.82, 2.24) is 0 Å². The SMILES string of the molecule is CCCCCCCCCCCCCCCCCCCCCCCCCCC(O)CC(=O)O. The second kappa shape index (κ2) is 26.7. The summed E-state index contributed by atoms with van der Waals surface area (Å²) in [7, 11) is 0. The van der Waals surface area contributed by atoms with Crippen LogP contribution in [0.25, 0.3) is 0 Å². The summed E-state index contributed by atoms with van der Waals surface area (Å²) in [6.07, 6.45) is 33.0. The zero-order valence-electron chi connectivity index (χ0n) is 21.8. The third kappa shape index (κ3) is 27.5. The predicted molar refractivity (Wildman–Crippen MR) is 139 cm³/mol. The van der Waals surface area contributed by atoms with E-state index in [-0.39, 0.29) is 6.42 Å². The van der Waals surface area contributed by atoms with E-state index in [0.29, 0.717) is 6.42 Å². The van der Waals surface area contributed by atoms with Crippen molar-refractivity contribution in [2.24, 2.45) is 0 Å². The Morgan fingerprint density at radius 3 is 1.00 bits per heavy atom. The van der Waals surface area contributed by atoms with Crippen LogP contribution < -0.4 is 0 Å². The van der Waals surface area contributed by atoms with Gasteiger partial charge in [0.05, 0.1) is 12.5 Å². The average Bonchev–Trinajstić information content (AvgIpc) is 2.76. The normalized spacial score (nSPS) is 12.3. The van der Waals surface area contributed by atoms with Crippen LogP contribution in [0, 0.1) is 0 Å². The van der Waals surface area contributed by atoms with Gasteiger partial charge >= 0.3 is 5.97 Å². The van der Waals surface area contributed by atoms with Gasteiger partial charge in [0.2, 0.25) is 0 Å². The number of rotatable bonds is 27. The summed E-state index contributed by atoms with van der Waals surface area (Å²) < 4.78 is 0. The Hall–Kier alpha value is -0.570. The topological polar surface area (TPSA) is 57.5 Å². The lowest BCUT2D eigenvalue weighted by Crippen LogP contribution is -2.12. The molecule has 0 fully saturated rings. The molecule has 0 saturated heterocycles. The lowest BCUT2D eigenvalue weighted by Gasteiger charge is -2.07. The van der Waals surface area contributed by atoms with Gasteiger partial charge in [0, 0.05) is 0 Å². The molecule has 0 saturated carbocycles. The van der Waals surface area contributed by atoms with Crippen LogP contribution in [-0.4, -0.2) is 22.3 Å². The molecule has 192 valence electrons. The van der Waals surface area contributed by atoms with Crippen molar-refractivity contribution >= 4 is 5.97 Å². The first-order valence-electron chi connectivity index (χ1n) is 14.6. The number of unbranched alkanes of at least 4 members (excludes halogenated alkanes) is 23. The number of aliphatic carboxylic acids is 1. The number of hydrogen-bond acceptors (Lipinski definition) is 2. The first kappa shape index (κ1) is 31.4. The first-order chi connectivity index (χ1) is 15.7. The van der Waals surface area contributed by atoms with Crippen molar-refractivity contribution < 1.29 is 15.0 Å². The quantitative estimate of drug-likeness (QED) is 0.121. The molecule has 0 aliphatic heterocycles. The molecule has 0 aliphatic rings. The van der Waals surface area contributed by atoms with E-state index >= 15 is 0 Å². The Morgan fingerprint density at radius 2 is 0.750 bits per heavy atom. The van der Waals surface area contributed by atoms with Gasteiger partial charge in [0.15, 0.2) is 0 Å². The number of carbonyl (C=O) groups is 1. The number of hydrogen-bond donors (Lipinski definition) is 2. The van der Waals surface area contributed by atoms with Crippen LogP contribution in [0.4, 0.5) is 0 Å². The van der Waals surface area contributed by atoms with Gasteiger partial charge in [-0.15, -0.1) is 0 Å². The van der Waals surface area contributed by atoms with Crippen LogP contribution >= 0.6 is 0 Å². The Bertz CT molecular complexity index is 369. The second-order valence-corrected chi connectivity index (χ2v) is 10.2. The molecule has 0 aromatic carbocycles. The minimum absolute atomic E-state index is 0.112. The Balaban J connectivity index is 3.06. The van der Waals surface area contributed by atoms with Gasteiger partial charge in [-0.05, 0) is 6.42 Å². The monoisotopic (exact) mass is 454 g/mol. The summed E-state index contributed by atoms with van der Waals surface area (Å²) in [5.41, 5.74) is 0. The molecule has 3 heteroatoms. The molecular formula is C29H58O3. The smallest absolute Gasteiger partial charge is 0.305 e. The molecule has 0 aromatic heterocycles. The molecule has 32 heavy (non-hydrogen) atoms. The highest BCUT2D eigenvalue weighted by Gasteiger charge is 2.08. The molecular weight excluding hydrogens is 396 g/mol. The fraction of sp³-hybridized carbons (Fsp3) is 0.966. The summed E-state index contributed by atoms with van der Waals surface area (Å²) in [5, 5.41) is 18.1. The Morgan fingerprint density at radius 1 is 0.500 bits per heavy atom. The van der Waals surface area contributed by atoms with Crippen LogP contribution in [0.15, 0.2) is 0 Å². The van der Waals surface area contributed by atoms with Crippen molar-refractivity contribution in [2.45, 2.75) is 180 Å². The molecule has 0 heterocycles.